The van der Waals surface area contributed by atoms with Crippen LogP contribution in [0.4, 0.5) is 0 Å². The summed E-state index contributed by atoms with van der Waals surface area (Å²) in [4.78, 5) is 11.2. The molecule has 0 heterocycles. The number of carbonyl (C=O) groups is 1. The summed E-state index contributed by atoms with van der Waals surface area (Å²) < 4.78 is 5.29. The van der Waals surface area contributed by atoms with Crippen molar-refractivity contribution in [3.8, 4) is 5.75 Å². The van der Waals surface area contributed by atoms with E-state index in [0.29, 0.717) is 22.5 Å². The van der Waals surface area contributed by atoms with Crippen molar-refractivity contribution in [1.29, 1.82) is 0 Å². The average molecular weight is 326 g/mol. The van der Waals surface area contributed by atoms with Crippen molar-refractivity contribution in [1.82, 2.24) is 0 Å². The summed E-state index contributed by atoms with van der Waals surface area (Å²) in [5.41, 5.74) is 3.95. The van der Waals surface area contributed by atoms with Crippen LogP contribution in [-0.2, 0) is 11.2 Å². The Morgan fingerprint density at radius 2 is 1.92 bits per heavy atom. The van der Waals surface area contributed by atoms with Crippen molar-refractivity contribution in [2.45, 2.75) is 72.1 Å². The second-order valence-electron chi connectivity index (χ2n) is 9.25. The van der Waals surface area contributed by atoms with Gasteiger partial charge in [0.25, 0.3) is 0 Å². The van der Waals surface area contributed by atoms with Crippen LogP contribution < -0.4 is 4.74 Å². The third-order valence-corrected chi connectivity index (χ3v) is 7.98. The standard InChI is InChI=1S/C22H30O2/c1-14(23)24-16-6-8-17-15(13-16)5-7-19-18(17)9-12-22(4)20(19)10-11-21(22,2)3/h6,8,13,18-20H,5,7,9-12H2,1-4H3/t18-,19-,20+,22+/m1/s1. The van der Waals surface area contributed by atoms with Crippen LogP contribution in [0, 0.1) is 22.7 Å². The maximum Gasteiger partial charge on any atom is 0.308 e. The molecule has 4 atom stereocenters. The summed E-state index contributed by atoms with van der Waals surface area (Å²) in [7, 11) is 0. The molecule has 3 aliphatic carbocycles. The van der Waals surface area contributed by atoms with Crippen molar-refractivity contribution in [3.05, 3.63) is 29.3 Å². The smallest absolute Gasteiger partial charge is 0.308 e. The summed E-state index contributed by atoms with van der Waals surface area (Å²) in [6.07, 6.45) is 7.91. The minimum Gasteiger partial charge on any atom is -0.427 e. The van der Waals surface area contributed by atoms with Gasteiger partial charge in [-0.1, -0.05) is 26.8 Å². The lowest BCUT2D eigenvalue weighted by molar-refractivity contribution is -0.131. The van der Waals surface area contributed by atoms with E-state index in [1.165, 1.54) is 50.2 Å². The van der Waals surface area contributed by atoms with Gasteiger partial charge in [-0.15, -0.1) is 0 Å². The van der Waals surface area contributed by atoms with E-state index in [1.54, 1.807) is 0 Å². The summed E-state index contributed by atoms with van der Waals surface area (Å²) in [6.45, 7) is 9.03. The Bertz CT molecular complexity index is 675. The first-order chi connectivity index (χ1) is 11.3. The van der Waals surface area contributed by atoms with Crippen LogP contribution in [0.25, 0.3) is 0 Å². The highest BCUT2D eigenvalue weighted by Gasteiger charge is 2.57. The van der Waals surface area contributed by atoms with Crippen LogP contribution in [0.5, 0.6) is 5.75 Å². The maximum atomic E-state index is 11.2. The molecule has 130 valence electrons. The minimum absolute atomic E-state index is 0.231. The number of hydrogen-bond acceptors (Lipinski definition) is 2. The summed E-state index contributed by atoms with van der Waals surface area (Å²) in [5.74, 6) is 2.92. The van der Waals surface area contributed by atoms with E-state index in [1.807, 2.05) is 6.07 Å². The molecule has 0 radical (unpaired) electrons. The fourth-order valence-corrected chi connectivity index (χ4v) is 6.28. The molecule has 0 spiro atoms. The number of ether oxygens (including phenoxy) is 1. The number of esters is 1. The molecule has 4 rings (SSSR count). The molecular weight excluding hydrogens is 296 g/mol. The van der Waals surface area contributed by atoms with Crippen molar-refractivity contribution in [3.63, 3.8) is 0 Å². The Balaban J connectivity index is 1.64. The number of benzene rings is 1. The molecule has 2 fully saturated rings. The summed E-state index contributed by atoms with van der Waals surface area (Å²) in [5, 5.41) is 0. The molecular formula is C22H30O2. The highest BCUT2D eigenvalue weighted by atomic mass is 16.5. The normalized spacial score (nSPS) is 36.4. The van der Waals surface area contributed by atoms with Crippen LogP contribution in [0.3, 0.4) is 0 Å². The van der Waals surface area contributed by atoms with Gasteiger partial charge in [0.1, 0.15) is 5.75 Å². The van der Waals surface area contributed by atoms with Gasteiger partial charge in [-0.05, 0) is 90.4 Å². The lowest BCUT2D eigenvalue weighted by Gasteiger charge is -2.53. The molecule has 0 saturated heterocycles. The van der Waals surface area contributed by atoms with Crippen LogP contribution in [-0.4, -0.2) is 5.97 Å². The molecule has 0 N–H and O–H groups in total. The molecule has 3 aliphatic rings. The van der Waals surface area contributed by atoms with Crippen molar-refractivity contribution < 1.29 is 9.53 Å². The van der Waals surface area contributed by atoms with Crippen LogP contribution in [0.2, 0.25) is 0 Å². The molecule has 0 aliphatic heterocycles. The lowest BCUT2D eigenvalue weighted by Crippen LogP contribution is -2.45. The van der Waals surface area contributed by atoms with Gasteiger partial charge in [0.15, 0.2) is 0 Å². The highest BCUT2D eigenvalue weighted by molar-refractivity contribution is 5.69. The first-order valence-corrected chi connectivity index (χ1v) is 9.63. The molecule has 2 heteroatoms. The summed E-state index contributed by atoms with van der Waals surface area (Å²) >= 11 is 0. The van der Waals surface area contributed by atoms with E-state index in [0.717, 1.165) is 18.3 Å². The Labute approximate surface area is 146 Å². The van der Waals surface area contributed by atoms with Gasteiger partial charge in [0.05, 0.1) is 0 Å². The summed E-state index contributed by atoms with van der Waals surface area (Å²) in [6, 6.07) is 6.35. The third-order valence-electron chi connectivity index (χ3n) is 7.98. The largest absolute Gasteiger partial charge is 0.427 e. The van der Waals surface area contributed by atoms with Crippen molar-refractivity contribution >= 4 is 5.97 Å². The van der Waals surface area contributed by atoms with E-state index in [9.17, 15) is 4.79 Å². The predicted octanol–water partition coefficient (Wildman–Crippen LogP) is 5.49. The van der Waals surface area contributed by atoms with Gasteiger partial charge in [-0.2, -0.15) is 0 Å². The van der Waals surface area contributed by atoms with E-state index < -0.39 is 0 Å². The van der Waals surface area contributed by atoms with E-state index >= 15 is 0 Å². The number of fused-ring (bicyclic) bond motifs is 5. The molecule has 1 aromatic rings. The molecule has 0 aromatic heterocycles. The Kier molecular flexibility index (Phi) is 3.60. The van der Waals surface area contributed by atoms with Crippen LogP contribution in [0.1, 0.15) is 76.8 Å². The fraction of sp³-hybridized carbons (Fsp3) is 0.682. The van der Waals surface area contributed by atoms with Crippen molar-refractivity contribution in [2.24, 2.45) is 22.7 Å². The molecule has 0 unspecified atom stereocenters. The molecule has 0 bridgehead atoms. The second-order valence-corrected chi connectivity index (χ2v) is 9.25. The number of aryl methyl sites for hydroxylation is 1. The minimum atomic E-state index is -0.231. The second kappa shape index (κ2) is 5.34. The van der Waals surface area contributed by atoms with Gasteiger partial charge in [-0.3, -0.25) is 4.79 Å². The Morgan fingerprint density at radius 3 is 2.67 bits per heavy atom. The zero-order valence-corrected chi connectivity index (χ0v) is 15.5. The highest BCUT2D eigenvalue weighted by Crippen LogP contribution is 2.67. The Hall–Kier alpha value is -1.31. The SMILES string of the molecule is CC(=O)Oc1ccc2c(c1)CC[C@@H]1[C@@H]2CC[C@@]2(C)[C@H]1CCC2(C)C. The van der Waals surface area contributed by atoms with Gasteiger partial charge in [0, 0.05) is 6.92 Å². The van der Waals surface area contributed by atoms with E-state index in [-0.39, 0.29) is 5.97 Å². The van der Waals surface area contributed by atoms with E-state index in [2.05, 4.69) is 32.9 Å². The molecule has 1 aromatic carbocycles. The maximum absolute atomic E-state index is 11.2. The van der Waals surface area contributed by atoms with E-state index in [4.69, 9.17) is 4.74 Å². The fourth-order valence-electron chi connectivity index (χ4n) is 6.28. The van der Waals surface area contributed by atoms with Crippen LogP contribution >= 0.6 is 0 Å². The monoisotopic (exact) mass is 326 g/mol. The zero-order valence-electron chi connectivity index (χ0n) is 15.5. The average Bonchev–Trinajstić information content (AvgIpc) is 2.76. The number of hydrogen-bond donors (Lipinski definition) is 0. The predicted molar refractivity (Wildman–Crippen MR) is 96.1 cm³/mol. The topological polar surface area (TPSA) is 26.3 Å². The molecule has 24 heavy (non-hydrogen) atoms. The quantitative estimate of drug-likeness (QED) is 0.503. The molecule has 0 amide bonds. The molecule has 2 nitrogen and oxygen atoms in total. The third kappa shape index (κ3) is 2.25. The van der Waals surface area contributed by atoms with Crippen molar-refractivity contribution in [2.75, 3.05) is 0 Å². The number of rotatable bonds is 1. The Morgan fingerprint density at radius 1 is 1.12 bits per heavy atom. The zero-order chi connectivity index (χ0) is 17.1. The van der Waals surface area contributed by atoms with Gasteiger partial charge < -0.3 is 4.74 Å². The lowest BCUT2D eigenvalue weighted by atomic mass is 9.51. The molecule has 2 saturated carbocycles. The number of carbonyl (C=O) groups excluding carboxylic acids is 1. The van der Waals surface area contributed by atoms with Gasteiger partial charge >= 0.3 is 5.97 Å². The first-order valence-electron chi connectivity index (χ1n) is 9.63. The van der Waals surface area contributed by atoms with Crippen LogP contribution in [0.15, 0.2) is 18.2 Å². The first kappa shape index (κ1) is 16.2. The van der Waals surface area contributed by atoms with Gasteiger partial charge in [-0.25, -0.2) is 0 Å². The van der Waals surface area contributed by atoms with Gasteiger partial charge in [0.2, 0.25) is 0 Å².